The van der Waals surface area contributed by atoms with Crippen LogP contribution in [0.2, 0.25) is 0 Å². The van der Waals surface area contributed by atoms with Gasteiger partial charge in [0.2, 0.25) is 10.0 Å². The summed E-state index contributed by atoms with van der Waals surface area (Å²) in [6, 6.07) is 3.99. The topological polar surface area (TPSA) is 114 Å². The van der Waals surface area contributed by atoms with E-state index in [0.29, 0.717) is 42.1 Å². The van der Waals surface area contributed by atoms with E-state index in [1.165, 1.54) is 16.4 Å². The van der Waals surface area contributed by atoms with E-state index >= 15 is 0 Å². The maximum atomic E-state index is 12.8. The predicted octanol–water partition coefficient (Wildman–Crippen LogP) is 1.12. The fourth-order valence-electron chi connectivity index (χ4n) is 2.64. The number of benzene rings is 1. The molecule has 0 saturated carbocycles. The number of piperazine rings is 1. The lowest BCUT2D eigenvalue weighted by Crippen LogP contribution is -2.47. The molecule has 0 aliphatic carbocycles. The van der Waals surface area contributed by atoms with Gasteiger partial charge in [-0.2, -0.15) is 4.31 Å². The minimum Gasteiger partial charge on any atom is -0.309 e. The molecule has 146 valence electrons. The molecule has 1 aliphatic rings. The van der Waals surface area contributed by atoms with Gasteiger partial charge in [0.25, 0.3) is 5.69 Å². The van der Waals surface area contributed by atoms with Crippen molar-refractivity contribution in [2.75, 3.05) is 33.2 Å². The molecule has 0 N–H and O–H groups in total. The molecule has 0 bridgehead atoms. The van der Waals surface area contributed by atoms with Gasteiger partial charge in [-0.05, 0) is 37.9 Å². The monoisotopic (exact) mass is 412 g/mol. The van der Waals surface area contributed by atoms with Crippen molar-refractivity contribution >= 4 is 27.5 Å². The van der Waals surface area contributed by atoms with Gasteiger partial charge in [-0.15, -0.1) is 10.2 Å². The number of likely N-dealkylation sites (N-methyl/N-ethyl adjacent to an activating group) is 1. The van der Waals surface area contributed by atoms with Crippen LogP contribution >= 0.6 is 11.8 Å². The molecule has 3 rings (SSSR count). The molecule has 0 spiro atoms. The van der Waals surface area contributed by atoms with E-state index < -0.39 is 14.9 Å². The van der Waals surface area contributed by atoms with Gasteiger partial charge in [-0.1, -0.05) is 0 Å². The fourth-order valence-corrected chi connectivity index (χ4v) is 5.00. The number of rotatable bonds is 5. The molecule has 1 saturated heterocycles. The number of hydrogen-bond donors (Lipinski definition) is 0. The highest BCUT2D eigenvalue weighted by atomic mass is 32.2. The Balaban J connectivity index is 1.94. The Morgan fingerprint density at radius 3 is 2.37 bits per heavy atom. The van der Waals surface area contributed by atoms with Gasteiger partial charge in [0, 0.05) is 39.3 Å². The van der Waals surface area contributed by atoms with Gasteiger partial charge < -0.3 is 9.47 Å². The van der Waals surface area contributed by atoms with E-state index in [2.05, 4.69) is 10.2 Å². The zero-order chi connectivity index (χ0) is 19.8. The average molecular weight is 412 g/mol. The van der Waals surface area contributed by atoms with Crippen LogP contribution in [0.15, 0.2) is 33.1 Å². The Morgan fingerprint density at radius 2 is 1.81 bits per heavy atom. The largest absolute Gasteiger partial charge is 0.309 e. The van der Waals surface area contributed by atoms with Crippen LogP contribution in [0.3, 0.4) is 0 Å². The zero-order valence-electron chi connectivity index (χ0n) is 15.2. The summed E-state index contributed by atoms with van der Waals surface area (Å²) in [6.07, 6.45) is 0. The van der Waals surface area contributed by atoms with E-state index in [1.54, 1.807) is 18.5 Å². The van der Waals surface area contributed by atoms with E-state index in [9.17, 15) is 18.5 Å². The molecule has 1 aromatic heterocycles. The summed E-state index contributed by atoms with van der Waals surface area (Å²) in [4.78, 5) is 13.2. The molecule has 12 heteroatoms. The second kappa shape index (κ2) is 7.54. The summed E-state index contributed by atoms with van der Waals surface area (Å²) in [6.45, 7) is 3.75. The van der Waals surface area contributed by atoms with Crippen molar-refractivity contribution < 1.29 is 13.3 Å². The molecule has 1 aliphatic heterocycles. The first kappa shape index (κ1) is 19.7. The lowest BCUT2D eigenvalue weighted by Gasteiger charge is -2.31. The van der Waals surface area contributed by atoms with Crippen molar-refractivity contribution in [1.82, 2.24) is 24.0 Å². The highest BCUT2D eigenvalue weighted by Gasteiger charge is 2.30. The number of hydrogen-bond acceptors (Lipinski definition) is 8. The van der Waals surface area contributed by atoms with Gasteiger partial charge in [0.05, 0.1) is 14.7 Å². The minimum atomic E-state index is -3.78. The quantitative estimate of drug-likeness (QED) is 0.530. The standard InChI is InChI=1S/C15H20N6O4S2/c1-11-16-17-15(19(11)3)26-14-5-4-12(10-13(14)21(22)23)27(24,25)20-8-6-18(2)7-9-20/h4-5,10H,6-9H2,1-3H3. The Labute approximate surface area is 161 Å². The molecule has 1 aromatic carbocycles. The SMILES string of the molecule is Cc1nnc(Sc2ccc(S(=O)(=O)N3CCN(C)CC3)cc2[N+](=O)[O-])n1C. The second-order valence-corrected chi connectivity index (χ2v) is 9.23. The summed E-state index contributed by atoms with van der Waals surface area (Å²) >= 11 is 1.08. The number of aryl methyl sites for hydroxylation is 1. The highest BCUT2D eigenvalue weighted by molar-refractivity contribution is 7.99. The Hall–Kier alpha value is -2.02. The van der Waals surface area contributed by atoms with Crippen molar-refractivity contribution in [3.63, 3.8) is 0 Å². The third kappa shape index (κ3) is 3.98. The predicted molar refractivity (Wildman–Crippen MR) is 99.2 cm³/mol. The highest BCUT2D eigenvalue weighted by Crippen LogP contribution is 2.36. The number of nitro benzene ring substituents is 1. The molecule has 0 radical (unpaired) electrons. The lowest BCUT2D eigenvalue weighted by atomic mass is 10.3. The first-order valence-electron chi connectivity index (χ1n) is 8.21. The maximum absolute atomic E-state index is 12.8. The third-order valence-corrected chi connectivity index (χ3v) is 7.48. The Bertz CT molecular complexity index is 967. The maximum Gasteiger partial charge on any atom is 0.284 e. The number of aromatic nitrogens is 3. The Morgan fingerprint density at radius 1 is 1.15 bits per heavy atom. The van der Waals surface area contributed by atoms with Crippen LogP contribution in [0.25, 0.3) is 0 Å². The smallest absolute Gasteiger partial charge is 0.284 e. The number of sulfonamides is 1. The van der Waals surface area contributed by atoms with Crippen molar-refractivity contribution in [3.05, 3.63) is 34.1 Å². The third-order valence-electron chi connectivity index (χ3n) is 4.48. The van der Waals surface area contributed by atoms with Gasteiger partial charge in [-0.25, -0.2) is 8.42 Å². The lowest BCUT2D eigenvalue weighted by molar-refractivity contribution is -0.388. The molecule has 0 atom stereocenters. The van der Waals surface area contributed by atoms with Crippen LogP contribution < -0.4 is 0 Å². The summed E-state index contributed by atoms with van der Waals surface area (Å²) in [5.74, 6) is 0.675. The van der Waals surface area contributed by atoms with Crippen LogP contribution in [0.4, 0.5) is 5.69 Å². The van der Waals surface area contributed by atoms with Gasteiger partial charge >= 0.3 is 0 Å². The first-order valence-corrected chi connectivity index (χ1v) is 10.5. The second-order valence-electron chi connectivity index (χ2n) is 6.28. The van der Waals surface area contributed by atoms with E-state index in [1.807, 2.05) is 11.9 Å². The number of nitrogens with zero attached hydrogens (tertiary/aromatic N) is 6. The van der Waals surface area contributed by atoms with Crippen LogP contribution in [-0.4, -0.2) is 70.5 Å². The van der Waals surface area contributed by atoms with Crippen LogP contribution in [0.5, 0.6) is 0 Å². The van der Waals surface area contributed by atoms with Crippen LogP contribution in [0.1, 0.15) is 5.82 Å². The van der Waals surface area contributed by atoms with Gasteiger partial charge in [0.15, 0.2) is 5.16 Å². The zero-order valence-corrected chi connectivity index (χ0v) is 16.8. The van der Waals surface area contributed by atoms with E-state index in [4.69, 9.17) is 0 Å². The van der Waals surface area contributed by atoms with Gasteiger partial charge in [-0.3, -0.25) is 10.1 Å². The van der Waals surface area contributed by atoms with Crippen molar-refractivity contribution in [2.24, 2.45) is 7.05 Å². The molecular formula is C15H20N6O4S2. The summed E-state index contributed by atoms with van der Waals surface area (Å²) in [5.41, 5.74) is -0.268. The molecular weight excluding hydrogens is 392 g/mol. The molecule has 1 fully saturated rings. The molecule has 2 aromatic rings. The van der Waals surface area contributed by atoms with Crippen LogP contribution in [0, 0.1) is 17.0 Å². The van der Waals surface area contributed by atoms with E-state index in [0.717, 1.165) is 17.8 Å². The molecule has 0 amide bonds. The fraction of sp³-hybridized carbons (Fsp3) is 0.467. The van der Waals surface area contributed by atoms with Crippen LogP contribution in [-0.2, 0) is 17.1 Å². The Kier molecular flexibility index (Phi) is 5.51. The average Bonchev–Trinajstić information content (AvgIpc) is 2.94. The minimum absolute atomic E-state index is 0.0720. The summed E-state index contributed by atoms with van der Waals surface area (Å²) in [7, 11) is -0.0901. The molecule has 27 heavy (non-hydrogen) atoms. The van der Waals surface area contributed by atoms with E-state index in [-0.39, 0.29) is 10.6 Å². The first-order chi connectivity index (χ1) is 12.7. The summed E-state index contributed by atoms with van der Waals surface area (Å²) in [5, 5.41) is 19.9. The molecule has 0 unspecified atom stereocenters. The normalized spacial score (nSPS) is 16.6. The summed E-state index contributed by atoms with van der Waals surface area (Å²) < 4.78 is 28.8. The van der Waals surface area contributed by atoms with Crippen molar-refractivity contribution in [1.29, 1.82) is 0 Å². The molecule has 2 heterocycles. The van der Waals surface area contributed by atoms with Gasteiger partial charge in [0.1, 0.15) is 5.82 Å². The van der Waals surface area contributed by atoms with Crippen molar-refractivity contribution in [2.45, 2.75) is 21.9 Å². The number of nitro groups is 1. The van der Waals surface area contributed by atoms with Crippen molar-refractivity contribution in [3.8, 4) is 0 Å². The molecule has 10 nitrogen and oxygen atoms in total.